The molecule has 0 aliphatic heterocycles. The fourth-order valence-electron chi connectivity index (χ4n) is 1.67. The Hall–Kier alpha value is -1.46. The predicted octanol–water partition coefficient (Wildman–Crippen LogP) is 2.63. The van der Waals surface area contributed by atoms with Gasteiger partial charge in [0.15, 0.2) is 0 Å². The summed E-state index contributed by atoms with van der Waals surface area (Å²) in [4.78, 5) is 0. The highest BCUT2D eigenvalue weighted by molar-refractivity contribution is 6.30. The second-order valence-corrected chi connectivity index (χ2v) is 4.40. The molecule has 0 aliphatic carbocycles. The van der Waals surface area contributed by atoms with E-state index in [1.807, 2.05) is 0 Å². The highest BCUT2D eigenvalue weighted by Crippen LogP contribution is 2.25. The summed E-state index contributed by atoms with van der Waals surface area (Å²) >= 11 is 5.44. The standard InChI is InChI=1S/C12H11ClF2N2O/c1-17-3-2-7(16-17)4-12(18)8-5-11(15)9(13)6-10(8)14/h2-3,5-6,12,18H,4H2,1H3. The highest BCUT2D eigenvalue weighted by Gasteiger charge is 2.17. The van der Waals surface area contributed by atoms with Gasteiger partial charge in [0, 0.05) is 25.2 Å². The lowest BCUT2D eigenvalue weighted by molar-refractivity contribution is 0.171. The molecule has 1 aromatic heterocycles. The van der Waals surface area contributed by atoms with Crippen molar-refractivity contribution >= 4 is 11.6 Å². The highest BCUT2D eigenvalue weighted by atomic mass is 35.5. The summed E-state index contributed by atoms with van der Waals surface area (Å²) < 4.78 is 28.4. The number of aliphatic hydroxyl groups is 1. The van der Waals surface area contributed by atoms with Crippen molar-refractivity contribution in [1.29, 1.82) is 0 Å². The third-order valence-corrected chi connectivity index (χ3v) is 2.86. The number of halogens is 3. The second-order valence-electron chi connectivity index (χ2n) is 3.99. The molecule has 0 spiro atoms. The quantitative estimate of drug-likeness (QED) is 0.873. The number of aryl methyl sites for hydroxylation is 1. The molecule has 18 heavy (non-hydrogen) atoms. The summed E-state index contributed by atoms with van der Waals surface area (Å²) in [6, 6.07) is 3.46. The Morgan fingerprint density at radius 1 is 1.39 bits per heavy atom. The van der Waals surface area contributed by atoms with Crippen LogP contribution in [0.5, 0.6) is 0 Å². The van der Waals surface area contributed by atoms with Crippen LogP contribution >= 0.6 is 11.6 Å². The summed E-state index contributed by atoms with van der Waals surface area (Å²) in [6.45, 7) is 0. The molecule has 6 heteroatoms. The van der Waals surface area contributed by atoms with Gasteiger partial charge in [-0.15, -0.1) is 0 Å². The number of aliphatic hydroxyl groups excluding tert-OH is 1. The van der Waals surface area contributed by atoms with E-state index in [-0.39, 0.29) is 17.0 Å². The van der Waals surface area contributed by atoms with E-state index in [4.69, 9.17) is 11.6 Å². The zero-order chi connectivity index (χ0) is 13.3. The summed E-state index contributed by atoms with van der Waals surface area (Å²) in [5, 5.41) is 13.6. The lowest BCUT2D eigenvalue weighted by Crippen LogP contribution is -2.06. The molecule has 1 atom stereocenters. The first-order chi connectivity index (χ1) is 8.47. The molecule has 0 aliphatic rings. The lowest BCUT2D eigenvalue weighted by Gasteiger charge is -2.11. The van der Waals surface area contributed by atoms with Crippen molar-refractivity contribution in [2.24, 2.45) is 7.05 Å². The molecular weight excluding hydrogens is 262 g/mol. The van der Waals surface area contributed by atoms with Crippen molar-refractivity contribution in [3.63, 3.8) is 0 Å². The summed E-state index contributed by atoms with van der Waals surface area (Å²) in [6.07, 6.45) is 0.659. The maximum Gasteiger partial charge on any atom is 0.142 e. The SMILES string of the molecule is Cn1ccc(CC(O)c2cc(F)c(Cl)cc2F)n1. The predicted molar refractivity (Wildman–Crippen MR) is 63.2 cm³/mol. The van der Waals surface area contributed by atoms with Crippen LogP contribution in [0.15, 0.2) is 24.4 Å². The first-order valence-electron chi connectivity index (χ1n) is 5.28. The number of rotatable bonds is 3. The Kier molecular flexibility index (Phi) is 3.63. The third-order valence-electron chi connectivity index (χ3n) is 2.57. The minimum atomic E-state index is -1.16. The smallest absolute Gasteiger partial charge is 0.142 e. The van der Waals surface area contributed by atoms with Crippen LogP contribution in [0.4, 0.5) is 8.78 Å². The molecule has 2 aromatic rings. The molecule has 0 saturated carbocycles. The minimum Gasteiger partial charge on any atom is -0.388 e. The molecule has 0 fully saturated rings. The van der Waals surface area contributed by atoms with E-state index in [1.165, 1.54) is 0 Å². The molecule has 1 heterocycles. The Morgan fingerprint density at radius 3 is 2.72 bits per heavy atom. The molecule has 2 rings (SSSR count). The molecule has 0 bridgehead atoms. The van der Waals surface area contributed by atoms with Crippen LogP contribution in [0.3, 0.4) is 0 Å². The van der Waals surface area contributed by atoms with Crippen molar-refractivity contribution in [1.82, 2.24) is 9.78 Å². The van der Waals surface area contributed by atoms with E-state index >= 15 is 0 Å². The zero-order valence-electron chi connectivity index (χ0n) is 9.57. The average molecular weight is 273 g/mol. The van der Waals surface area contributed by atoms with Crippen molar-refractivity contribution in [2.75, 3.05) is 0 Å². The van der Waals surface area contributed by atoms with Crippen LogP contribution in [0.25, 0.3) is 0 Å². The molecule has 96 valence electrons. The van der Waals surface area contributed by atoms with E-state index in [9.17, 15) is 13.9 Å². The van der Waals surface area contributed by atoms with Crippen LogP contribution < -0.4 is 0 Å². The van der Waals surface area contributed by atoms with Crippen molar-refractivity contribution in [3.8, 4) is 0 Å². The third kappa shape index (κ3) is 2.68. The largest absolute Gasteiger partial charge is 0.388 e. The number of hydrogen-bond acceptors (Lipinski definition) is 2. The minimum absolute atomic E-state index is 0.110. The van der Waals surface area contributed by atoms with Crippen molar-refractivity contribution < 1.29 is 13.9 Å². The Labute approximate surface area is 108 Å². The summed E-state index contributed by atoms with van der Waals surface area (Å²) in [7, 11) is 1.73. The molecular formula is C12H11ClF2N2O. The first kappa shape index (κ1) is 13.0. The van der Waals surface area contributed by atoms with Gasteiger partial charge in [0.25, 0.3) is 0 Å². The van der Waals surface area contributed by atoms with Gasteiger partial charge in [-0.1, -0.05) is 11.6 Å². The molecule has 3 nitrogen and oxygen atoms in total. The Morgan fingerprint density at radius 2 is 2.11 bits per heavy atom. The molecule has 1 N–H and O–H groups in total. The number of nitrogens with zero attached hydrogens (tertiary/aromatic N) is 2. The lowest BCUT2D eigenvalue weighted by atomic mass is 10.0. The molecule has 1 aromatic carbocycles. The van der Waals surface area contributed by atoms with Gasteiger partial charge in [-0.3, -0.25) is 4.68 Å². The molecule has 1 unspecified atom stereocenters. The van der Waals surface area contributed by atoms with Crippen LogP contribution in [0.1, 0.15) is 17.4 Å². The van der Waals surface area contributed by atoms with E-state index < -0.39 is 17.7 Å². The topological polar surface area (TPSA) is 38.0 Å². The molecule has 0 amide bonds. The Balaban J connectivity index is 2.23. The number of benzene rings is 1. The van der Waals surface area contributed by atoms with Gasteiger partial charge < -0.3 is 5.11 Å². The van der Waals surface area contributed by atoms with Crippen LogP contribution in [0.2, 0.25) is 5.02 Å². The van der Waals surface area contributed by atoms with Crippen LogP contribution in [-0.2, 0) is 13.5 Å². The van der Waals surface area contributed by atoms with Crippen LogP contribution in [0, 0.1) is 11.6 Å². The monoisotopic (exact) mass is 272 g/mol. The normalized spacial score (nSPS) is 12.7. The summed E-state index contributed by atoms with van der Waals surface area (Å²) in [5.41, 5.74) is 0.474. The Bertz CT molecular complexity index is 571. The van der Waals surface area contributed by atoms with E-state index in [1.54, 1.807) is 24.0 Å². The van der Waals surface area contributed by atoms with Gasteiger partial charge in [0.2, 0.25) is 0 Å². The van der Waals surface area contributed by atoms with Gasteiger partial charge in [0.1, 0.15) is 11.6 Å². The molecule has 0 saturated heterocycles. The number of hydrogen-bond donors (Lipinski definition) is 1. The maximum absolute atomic E-state index is 13.6. The van der Waals surface area contributed by atoms with Gasteiger partial charge in [0.05, 0.1) is 16.8 Å². The van der Waals surface area contributed by atoms with Crippen molar-refractivity contribution in [2.45, 2.75) is 12.5 Å². The van der Waals surface area contributed by atoms with Crippen molar-refractivity contribution in [3.05, 3.63) is 52.3 Å². The average Bonchev–Trinajstić information content (AvgIpc) is 2.69. The van der Waals surface area contributed by atoms with E-state index in [0.717, 1.165) is 12.1 Å². The zero-order valence-corrected chi connectivity index (χ0v) is 10.3. The summed E-state index contributed by atoms with van der Waals surface area (Å²) in [5.74, 6) is -1.49. The second kappa shape index (κ2) is 5.04. The van der Waals surface area contributed by atoms with Gasteiger partial charge in [-0.05, 0) is 18.2 Å². The number of aromatic nitrogens is 2. The first-order valence-corrected chi connectivity index (χ1v) is 5.66. The van der Waals surface area contributed by atoms with E-state index in [0.29, 0.717) is 5.69 Å². The van der Waals surface area contributed by atoms with Crippen LogP contribution in [-0.4, -0.2) is 14.9 Å². The molecule has 0 radical (unpaired) electrons. The fraction of sp³-hybridized carbons (Fsp3) is 0.250. The fourth-order valence-corrected chi connectivity index (χ4v) is 1.82. The van der Waals surface area contributed by atoms with Gasteiger partial charge in [-0.25, -0.2) is 8.78 Å². The van der Waals surface area contributed by atoms with Gasteiger partial charge in [-0.2, -0.15) is 5.10 Å². The van der Waals surface area contributed by atoms with Gasteiger partial charge >= 0.3 is 0 Å². The van der Waals surface area contributed by atoms with E-state index in [2.05, 4.69) is 5.10 Å². The maximum atomic E-state index is 13.6.